The number of Topliss-reactive ketones (excluding diaryl/α,β-unsaturated/α-hetero) is 1. The van der Waals surface area contributed by atoms with Gasteiger partial charge in [0.05, 0.1) is 19.3 Å². The number of hydrogen-bond acceptors (Lipinski definition) is 12. The van der Waals surface area contributed by atoms with Crippen LogP contribution in [0.25, 0.3) is 11.1 Å². The number of halogens is 1. The summed E-state index contributed by atoms with van der Waals surface area (Å²) >= 11 is 5.98. The van der Waals surface area contributed by atoms with E-state index >= 15 is 0 Å². The highest BCUT2D eigenvalue weighted by atomic mass is 35.5. The van der Waals surface area contributed by atoms with E-state index < -0.39 is 84.0 Å². The molecular formula is C42H55ClN8O9. The topological polar surface area (TPSA) is 283 Å². The van der Waals surface area contributed by atoms with Gasteiger partial charge in [-0.15, -0.1) is 0 Å². The Labute approximate surface area is 353 Å². The van der Waals surface area contributed by atoms with E-state index in [1.165, 1.54) is 13.8 Å². The van der Waals surface area contributed by atoms with Crippen molar-refractivity contribution in [1.82, 2.24) is 26.6 Å². The highest BCUT2D eigenvalue weighted by Gasteiger charge is 2.47. The molecule has 4 rings (SSSR count). The van der Waals surface area contributed by atoms with Crippen molar-refractivity contribution in [1.29, 1.82) is 0 Å². The second kappa shape index (κ2) is 23.5. The number of ketones is 1. The fourth-order valence-corrected chi connectivity index (χ4v) is 6.23. The molecule has 1 aliphatic heterocycles. The molecule has 1 aliphatic rings. The highest BCUT2D eigenvalue weighted by molar-refractivity contribution is 6.30. The van der Waals surface area contributed by atoms with Gasteiger partial charge in [0.1, 0.15) is 42.5 Å². The number of rotatable bonds is 24. The van der Waals surface area contributed by atoms with Crippen LogP contribution in [0, 0.1) is 0 Å². The van der Waals surface area contributed by atoms with Gasteiger partial charge in [0.25, 0.3) is 5.91 Å². The third-order valence-corrected chi connectivity index (χ3v) is 9.91. The number of carbonyl (C=O) groups is 6. The van der Waals surface area contributed by atoms with Gasteiger partial charge in [-0.3, -0.25) is 28.8 Å². The zero-order valence-corrected chi connectivity index (χ0v) is 34.4. The minimum absolute atomic E-state index is 0.00762. The molecule has 18 heteroatoms. The zero-order chi connectivity index (χ0) is 43.8. The monoisotopic (exact) mass is 850 g/mol. The average molecular weight is 851 g/mol. The Morgan fingerprint density at radius 3 is 1.97 bits per heavy atom. The third kappa shape index (κ3) is 14.5. The summed E-state index contributed by atoms with van der Waals surface area (Å²) < 4.78 is 11.1. The number of hydrogen-bond donors (Lipinski definition) is 9. The largest absolute Gasteiger partial charge is 0.391 e. The van der Waals surface area contributed by atoms with Crippen molar-refractivity contribution in [3.05, 3.63) is 95.0 Å². The van der Waals surface area contributed by atoms with Crippen LogP contribution in [0.3, 0.4) is 0 Å². The average Bonchev–Trinajstić information content (AvgIpc) is 4.01. The third-order valence-electron chi connectivity index (χ3n) is 9.66. The summed E-state index contributed by atoms with van der Waals surface area (Å²) in [6.45, 7) is 3.44. The molecule has 0 saturated carbocycles. The zero-order valence-electron chi connectivity index (χ0n) is 33.6. The number of unbranched alkanes of at least 4 members (excludes halogenated alkanes) is 1. The Morgan fingerprint density at radius 2 is 1.35 bits per heavy atom. The second-order valence-corrected chi connectivity index (χ2v) is 14.9. The van der Waals surface area contributed by atoms with E-state index in [0.717, 1.165) is 16.7 Å². The quantitative estimate of drug-likeness (QED) is 0.0337. The van der Waals surface area contributed by atoms with Crippen molar-refractivity contribution in [3.8, 4) is 11.1 Å². The number of benzene rings is 3. The fraction of sp³-hybridized carbons (Fsp3) is 0.429. The van der Waals surface area contributed by atoms with E-state index in [9.17, 15) is 33.9 Å². The van der Waals surface area contributed by atoms with E-state index in [4.69, 9.17) is 38.3 Å². The van der Waals surface area contributed by atoms with E-state index in [1.807, 2.05) is 42.5 Å². The van der Waals surface area contributed by atoms with Crippen molar-refractivity contribution < 1.29 is 43.3 Å². The van der Waals surface area contributed by atoms with Gasteiger partial charge in [-0.2, -0.15) is 0 Å². The first-order valence-electron chi connectivity index (χ1n) is 19.7. The van der Waals surface area contributed by atoms with Crippen molar-refractivity contribution in [2.45, 2.75) is 94.8 Å². The summed E-state index contributed by atoms with van der Waals surface area (Å²) in [5.74, 6) is -4.36. The predicted molar refractivity (Wildman–Crippen MR) is 224 cm³/mol. The summed E-state index contributed by atoms with van der Waals surface area (Å²) in [5, 5.41) is 23.6. The molecule has 1 fully saturated rings. The van der Waals surface area contributed by atoms with E-state index in [0.29, 0.717) is 31.0 Å². The molecule has 0 spiro atoms. The minimum Gasteiger partial charge on any atom is -0.391 e. The molecule has 3 aromatic carbocycles. The Morgan fingerprint density at radius 1 is 0.733 bits per heavy atom. The maximum absolute atomic E-state index is 13.4. The molecule has 1 heterocycles. The van der Waals surface area contributed by atoms with Crippen LogP contribution in [0.1, 0.15) is 55.5 Å². The molecule has 60 heavy (non-hydrogen) atoms. The number of aliphatic hydroxyl groups excluding tert-OH is 1. The first-order chi connectivity index (χ1) is 28.7. The summed E-state index contributed by atoms with van der Waals surface area (Å²) in [7, 11) is 0. The summed E-state index contributed by atoms with van der Waals surface area (Å²) in [5.41, 5.74) is 20.4. The molecule has 5 amide bonds. The van der Waals surface area contributed by atoms with E-state index in [-0.39, 0.29) is 31.6 Å². The molecule has 3 aromatic rings. The molecular weight excluding hydrogens is 796 g/mol. The maximum Gasteiger partial charge on any atom is 0.251 e. The van der Waals surface area contributed by atoms with Crippen LogP contribution in [-0.4, -0.2) is 109 Å². The van der Waals surface area contributed by atoms with Gasteiger partial charge in [0.2, 0.25) is 29.4 Å². The smallest absolute Gasteiger partial charge is 0.251 e. The normalized spacial score (nSPS) is 17.4. The molecule has 0 aromatic heterocycles. The molecule has 12 N–H and O–H groups in total. The van der Waals surface area contributed by atoms with Gasteiger partial charge in [-0.25, -0.2) is 0 Å². The van der Waals surface area contributed by atoms with Crippen molar-refractivity contribution in [2.24, 2.45) is 17.2 Å². The number of nitrogens with two attached hydrogens (primary N) is 3. The highest BCUT2D eigenvalue weighted by Crippen LogP contribution is 2.25. The van der Waals surface area contributed by atoms with E-state index in [1.54, 1.807) is 36.4 Å². The van der Waals surface area contributed by atoms with Crippen LogP contribution in [0.4, 0.5) is 0 Å². The number of epoxide rings is 1. The van der Waals surface area contributed by atoms with Crippen LogP contribution in [0.15, 0.2) is 78.9 Å². The standard InChI is InChI=1S/C42H55ClN8O9/c1-24(38(54)48-31(10-6-7-20-44)41(57)51-37(46)35(53)36-33(60-36)23-59-22-26-8-4-3-5-9-26)47-42(58)34(25(2)52)50-40(56)32(19-21-45)49-39(55)29-13-11-27(12-14-29)28-15-17-30(43)18-16-28/h3-5,8-9,11-18,24-25,31-34,36-37,52H,6-7,10,19-23,44-46H2,1-2H3,(H,47,58)(H,48,54)(H,49,55)(H,50,56)(H,51,57). The van der Waals surface area contributed by atoms with Gasteiger partial charge in [0, 0.05) is 10.6 Å². The lowest BCUT2D eigenvalue weighted by atomic mass is 10.0. The van der Waals surface area contributed by atoms with Crippen LogP contribution >= 0.6 is 11.6 Å². The second-order valence-electron chi connectivity index (χ2n) is 14.5. The lowest BCUT2D eigenvalue weighted by Gasteiger charge is -2.26. The van der Waals surface area contributed by atoms with E-state index in [2.05, 4.69) is 26.6 Å². The summed E-state index contributed by atoms with van der Waals surface area (Å²) in [6, 6.07) is 18.2. The lowest BCUT2D eigenvalue weighted by Crippen LogP contribution is -2.61. The first kappa shape index (κ1) is 47.4. The summed E-state index contributed by atoms with van der Waals surface area (Å²) in [6.07, 6.45) is -3.12. The number of nitrogens with one attached hydrogen (secondary N) is 5. The molecule has 0 aliphatic carbocycles. The Hall–Kier alpha value is -5.27. The van der Waals surface area contributed by atoms with Gasteiger partial charge >= 0.3 is 0 Å². The van der Waals surface area contributed by atoms with Crippen LogP contribution in [0.2, 0.25) is 5.02 Å². The Kier molecular flexibility index (Phi) is 18.6. The number of aliphatic hydroxyl groups is 1. The Bertz CT molecular complexity index is 1900. The molecule has 8 unspecified atom stereocenters. The van der Waals surface area contributed by atoms with Crippen molar-refractivity contribution in [2.75, 3.05) is 19.7 Å². The lowest BCUT2D eigenvalue weighted by molar-refractivity contribution is -0.135. The maximum atomic E-state index is 13.4. The molecule has 17 nitrogen and oxygen atoms in total. The van der Waals surface area contributed by atoms with Gasteiger partial charge in [-0.05, 0) is 93.6 Å². The molecule has 0 radical (unpaired) electrons. The molecule has 324 valence electrons. The summed E-state index contributed by atoms with van der Waals surface area (Å²) in [4.78, 5) is 79.4. The molecule has 8 atom stereocenters. The van der Waals surface area contributed by atoms with Crippen LogP contribution in [0.5, 0.6) is 0 Å². The van der Waals surface area contributed by atoms with Crippen molar-refractivity contribution >= 4 is 46.9 Å². The predicted octanol–water partition coefficient (Wildman–Crippen LogP) is 0.393. The SMILES string of the molecule is CC(NC(=O)C(NC(=O)C(CCN)NC(=O)c1ccc(-c2ccc(Cl)cc2)cc1)C(C)O)C(=O)NC(CCCCN)C(=O)NC(N)C(=O)C1OC1COCc1ccccc1. The number of carbonyl (C=O) groups excluding carboxylic acids is 6. The first-order valence-corrected chi connectivity index (χ1v) is 20.1. The number of amides is 5. The molecule has 1 saturated heterocycles. The van der Waals surface area contributed by atoms with Gasteiger partial charge < -0.3 is 58.4 Å². The number of ether oxygens (including phenoxy) is 2. The Balaban J connectivity index is 1.29. The fourth-order valence-electron chi connectivity index (χ4n) is 6.11. The minimum atomic E-state index is -1.55. The van der Waals surface area contributed by atoms with Gasteiger partial charge in [-0.1, -0.05) is 66.2 Å². The van der Waals surface area contributed by atoms with Crippen LogP contribution < -0.4 is 43.8 Å². The van der Waals surface area contributed by atoms with Crippen molar-refractivity contribution in [3.63, 3.8) is 0 Å². The van der Waals surface area contributed by atoms with Gasteiger partial charge in [0.15, 0.2) is 0 Å². The molecule has 0 bridgehead atoms. The van der Waals surface area contributed by atoms with Crippen LogP contribution in [-0.2, 0) is 40.1 Å².